The molecule has 2 heterocycles. The molecule has 0 aromatic carbocycles. The molecule has 2 aromatic heterocycles. The average Bonchev–Trinajstić information content (AvgIpc) is 2.89. The molecule has 1 saturated carbocycles. The highest BCUT2D eigenvalue weighted by Gasteiger charge is 2.33. The molecular weight excluding hydrogens is 228 g/mol. The molecule has 2 aromatic rings. The Bertz CT molecular complexity index is 563. The summed E-state index contributed by atoms with van der Waals surface area (Å²) in [6.07, 6.45) is 2.98. The van der Waals surface area contributed by atoms with Gasteiger partial charge in [0.05, 0.1) is 6.33 Å². The third kappa shape index (κ3) is 1.87. The molecule has 6 heteroatoms. The second-order valence-corrected chi connectivity index (χ2v) is 5.08. The van der Waals surface area contributed by atoms with Crippen molar-refractivity contribution in [2.45, 2.75) is 13.3 Å². The topological polar surface area (TPSA) is 69.7 Å². The molecule has 0 saturated heterocycles. The summed E-state index contributed by atoms with van der Waals surface area (Å²) in [5.41, 5.74) is 1.62. The zero-order chi connectivity index (χ0) is 12.7. The summed E-state index contributed by atoms with van der Waals surface area (Å²) >= 11 is 0. The van der Waals surface area contributed by atoms with E-state index in [1.54, 1.807) is 6.33 Å². The van der Waals surface area contributed by atoms with E-state index in [9.17, 15) is 0 Å². The number of fused-ring (bicyclic) bond motifs is 1. The molecule has 2 N–H and O–H groups in total. The van der Waals surface area contributed by atoms with Crippen molar-refractivity contribution in [3.63, 3.8) is 0 Å². The second-order valence-electron chi connectivity index (χ2n) is 5.08. The van der Waals surface area contributed by atoms with Gasteiger partial charge >= 0.3 is 0 Å². The van der Waals surface area contributed by atoms with Crippen LogP contribution in [-0.4, -0.2) is 40.6 Å². The van der Waals surface area contributed by atoms with Gasteiger partial charge in [0, 0.05) is 20.6 Å². The molecule has 0 spiro atoms. The van der Waals surface area contributed by atoms with Crippen molar-refractivity contribution in [2.24, 2.45) is 11.8 Å². The highest BCUT2D eigenvalue weighted by molar-refractivity contribution is 5.84. The second kappa shape index (κ2) is 4.12. The van der Waals surface area contributed by atoms with Crippen LogP contribution in [0.1, 0.15) is 13.3 Å². The van der Waals surface area contributed by atoms with E-state index < -0.39 is 0 Å². The Morgan fingerprint density at radius 2 is 2.28 bits per heavy atom. The standard InChI is InChI=1S/C12H18N6/c1-7-4-8(7)5-18(3)11-9-10(15-6-14-9)16-12(13-2)17-11/h6-8H,4-5H2,1-3H3,(H2,13,14,15,16,17). The number of anilines is 2. The van der Waals surface area contributed by atoms with E-state index in [1.165, 1.54) is 6.42 Å². The van der Waals surface area contributed by atoms with Gasteiger partial charge in [0.25, 0.3) is 0 Å². The Morgan fingerprint density at radius 3 is 2.94 bits per heavy atom. The zero-order valence-corrected chi connectivity index (χ0v) is 10.9. The van der Waals surface area contributed by atoms with Crippen LogP contribution in [0.25, 0.3) is 11.2 Å². The summed E-state index contributed by atoms with van der Waals surface area (Å²) in [5.74, 6) is 3.16. The molecular formula is C12H18N6. The van der Waals surface area contributed by atoms with Crippen molar-refractivity contribution < 1.29 is 0 Å². The average molecular weight is 246 g/mol. The van der Waals surface area contributed by atoms with Gasteiger partial charge in [-0.2, -0.15) is 9.97 Å². The molecule has 0 amide bonds. The van der Waals surface area contributed by atoms with Crippen molar-refractivity contribution in [2.75, 3.05) is 30.9 Å². The molecule has 96 valence electrons. The SMILES string of the molecule is CNc1nc(N(C)CC2CC2C)c2[nH]cnc2n1. The van der Waals surface area contributed by atoms with Gasteiger partial charge in [-0.3, -0.25) is 0 Å². The van der Waals surface area contributed by atoms with E-state index in [4.69, 9.17) is 0 Å². The number of hydrogen-bond acceptors (Lipinski definition) is 5. The highest BCUT2D eigenvalue weighted by Crippen LogP contribution is 2.39. The van der Waals surface area contributed by atoms with E-state index in [2.05, 4.69) is 44.1 Å². The molecule has 0 radical (unpaired) electrons. The first-order chi connectivity index (χ1) is 8.69. The molecule has 6 nitrogen and oxygen atoms in total. The zero-order valence-electron chi connectivity index (χ0n) is 10.9. The maximum absolute atomic E-state index is 4.53. The van der Waals surface area contributed by atoms with Crippen molar-refractivity contribution in [3.8, 4) is 0 Å². The Hall–Kier alpha value is -1.85. The van der Waals surface area contributed by atoms with E-state index in [-0.39, 0.29) is 0 Å². The van der Waals surface area contributed by atoms with E-state index in [1.807, 2.05) is 7.05 Å². The first-order valence-electron chi connectivity index (χ1n) is 6.29. The van der Waals surface area contributed by atoms with Gasteiger partial charge in [0.15, 0.2) is 11.5 Å². The van der Waals surface area contributed by atoms with Gasteiger partial charge in [-0.25, -0.2) is 4.98 Å². The van der Waals surface area contributed by atoms with Crippen molar-refractivity contribution in [1.29, 1.82) is 0 Å². The molecule has 2 unspecified atom stereocenters. The fourth-order valence-corrected chi connectivity index (χ4v) is 2.30. The van der Waals surface area contributed by atoms with Crippen LogP contribution in [0.15, 0.2) is 6.33 Å². The van der Waals surface area contributed by atoms with Gasteiger partial charge in [-0.1, -0.05) is 6.92 Å². The van der Waals surface area contributed by atoms with Crippen LogP contribution in [0.4, 0.5) is 11.8 Å². The minimum Gasteiger partial charge on any atom is -0.357 e. The van der Waals surface area contributed by atoms with E-state index in [0.29, 0.717) is 11.6 Å². The third-order valence-electron chi connectivity index (χ3n) is 3.64. The maximum Gasteiger partial charge on any atom is 0.226 e. The Kier molecular flexibility index (Phi) is 2.57. The third-order valence-corrected chi connectivity index (χ3v) is 3.64. The lowest BCUT2D eigenvalue weighted by molar-refractivity contribution is 0.720. The first-order valence-corrected chi connectivity index (χ1v) is 6.29. The molecule has 1 aliphatic rings. The Labute approximate surface area is 106 Å². The number of imidazole rings is 1. The van der Waals surface area contributed by atoms with Gasteiger partial charge in [0.2, 0.25) is 5.95 Å². The maximum atomic E-state index is 4.53. The molecule has 0 bridgehead atoms. The quantitative estimate of drug-likeness (QED) is 0.855. The van der Waals surface area contributed by atoms with E-state index >= 15 is 0 Å². The number of H-pyrrole nitrogens is 1. The highest BCUT2D eigenvalue weighted by atomic mass is 15.2. The number of aromatic amines is 1. The van der Waals surface area contributed by atoms with Crippen molar-refractivity contribution in [3.05, 3.63) is 6.33 Å². The summed E-state index contributed by atoms with van der Waals surface area (Å²) in [4.78, 5) is 18.4. The van der Waals surface area contributed by atoms with Crippen LogP contribution in [0, 0.1) is 11.8 Å². The van der Waals surface area contributed by atoms with Crippen molar-refractivity contribution >= 4 is 22.9 Å². The first kappa shape index (κ1) is 11.3. The largest absolute Gasteiger partial charge is 0.357 e. The van der Waals surface area contributed by atoms with Crippen LogP contribution < -0.4 is 10.2 Å². The van der Waals surface area contributed by atoms with Gasteiger partial charge in [-0.05, 0) is 18.3 Å². The fourth-order valence-electron chi connectivity index (χ4n) is 2.30. The fraction of sp³-hybridized carbons (Fsp3) is 0.583. The lowest BCUT2D eigenvalue weighted by Crippen LogP contribution is -2.22. The lowest BCUT2D eigenvalue weighted by atomic mass is 10.3. The monoisotopic (exact) mass is 246 g/mol. The van der Waals surface area contributed by atoms with Gasteiger partial charge in [-0.15, -0.1) is 0 Å². The van der Waals surface area contributed by atoms with Crippen LogP contribution in [-0.2, 0) is 0 Å². The molecule has 2 atom stereocenters. The van der Waals surface area contributed by atoms with Crippen molar-refractivity contribution in [1.82, 2.24) is 19.9 Å². The minimum absolute atomic E-state index is 0.611. The van der Waals surface area contributed by atoms with E-state index in [0.717, 1.165) is 29.7 Å². The van der Waals surface area contributed by atoms with Crippen LogP contribution in [0.2, 0.25) is 0 Å². The molecule has 3 rings (SSSR count). The number of nitrogens with zero attached hydrogens (tertiary/aromatic N) is 4. The van der Waals surface area contributed by atoms with Crippen LogP contribution >= 0.6 is 0 Å². The summed E-state index contributed by atoms with van der Waals surface area (Å²) in [7, 11) is 3.90. The predicted molar refractivity (Wildman–Crippen MR) is 71.8 cm³/mol. The summed E-state index contributed by atoms with van der Waals surface area (Å²) in [6, 6.07) is 0. The smallest absolute Gasteiger partial charge is 0.226 e. The molecule has 1 fully saturated rings. The molecule has 0 aliphatic heterocycles. The summed E-state index contributed by atoms with van der Waals surface area (Å²) < 4.78 is 0. The lowest BCUT2D eigenvalue weighted by Gasteiger charge is -2.19. The van der Waals surface area contributed by atoms with Gasteiger partial charge in [0.1, 0.15) is 5.52 Å². The minimum atomic E-state index is 0.611. The number of aromatic nitrogens is 4. The molecule has 18 heavy (non-hydrogen) atoms. The number of rotatable bonds is 4. The van der Waals surface area contributed by atoms with Crippen LogP contribution in [0.3, 0.4) is 0 Å². The Morgan fingerprint density at radius 1 is 1.50 bits per heavy atom. The number of nitrogens with one attached hydrogen (secondary N) is 2. The van der Waals surface area contributed by atoms with Gasteiger partial charge < -0.3 is 15.2 Å². The number of hydrogen-bond donors (Lipinski definition) is 2. The summed E-state index contributed by atoms with van der Waals surface area (Å²) in [6.45, 7) is 3.33. The van der Waals surface area contributed by atoms with Crippen LogP contribution in [0.5, 0.6) is 0 Å². The normalized spacial score (nSPS) is 22.2. The molecule has 1 aliphatic carbocycles. The predicted octanol–water partition coefficient (Wildman–Crippen LogP) is 1.49. The Balaban J connectivity index is 1.95. The summed E-state index contributed by atoms with van der Waals surface area (Å²) in [5, 5.41) is 2.98.